The first-order chi connectivity index (χ1) is 19.1. The van der Waals surface area contributed by atoms with E-state index in [4.69, 9.17) is 42.8 Å². The first kappa shape index (κ1) is 37.3. The molecule has 0 aliphatic carbocycles. The van der Waals surface area contributed by atoms with Crippen LogP contribution < -0.4 is 20.9 Å². The molecule has 14 nitrogen and oxygen atoms in total. The first-order valence-electron chi connectivity index (χ1n) is 12.7. The van der Waals surface area contributed by atoms with Gasteiger partial charge in [0.1, 0.15) is 6.04 Å². The lowest BCUT2D eigenvalue weighted by molar-refractivity contribution is -0.130. The Morgan fingerprint density at radius 1 is 0.927 bits per heavy atom. The van der Waals surface area contributed by atoms with Gasteiger partial charge in [0.05, 0.1) is 6.54 Å². The molecule has 0 radical (unpaired) electrons. The summed E-state index contributed by atoms with van der Waals surface area (Å²) in [6.07, 6.45) is 0.0290. The summed E-state index contributed by atoms with van der Waals surface area (Å²) in [6.45, 7) is 2.04. The SMILES string of the molecule is C[C@H](NC(=O)CCCc1ccc(N(CCCl)CCCl)cc1)C(=O)NCC(=O)NCCCC(O)(P(=O)(O)O)P(=O)(O)O. The van der Waals surface area contributed by atoms with Crippen LogP contribution in [0.1, 0.15) is 38.2 Å². The third kappa shape index (κ3) is 12.6. The smallest absolute Gasteiger partial charge is 0.369 e. The fourth-order valence-electron chi connectivity index (χ4n) is 3.68. The third-order valence-electron chi connectivity index (χ3n) is 6.02. The highest BCUT2D eigenvalue weighted by Gasteiger charge is 2.58. The molecule has 0 bridgehead atoms. The number of anilines is 1. The van der Waals surface area contributed by atoms with Crippen LogP contribution in [0, 0.1) is 0 Å². The number of rotatable bonds is 19. The van der Waals surface area contributed by atoms with Crippen molar-refractivity contribution in [3.63, 3.8) is 0 Å². The van der Waals surface area contributed by atoms with Gasteiger partial charge in [0.15, 0.2) is 0 Å². The molecule has 0 saturated heterocycles. The fraction of sp³-hybridized carbons (Fsp3) is 0.609. The predicted octanol–water partition coefficient (Wildman–Crippen LogP) is 0.812. The highest BCUT2D eigenvalue weighted by molar-refractivity contribution is 7.72. The van der Waals surface area contributed by atoms with Crippen molar-refractivity contribution in [2.75, 3.05) is 42.8 Å². The van der Waals surface area contributed by atoms with Gasteiger partial charge in [0.25, 0.3) is 5.08 Å². The summed E-state index contributed by atoms with van der Waals surface area (Å²) in [5.74, 6) is -0.701. The van der Waals surface area contributed by atoms with Gasteiger partial charge in [-0.2, -0.15) is 0 Å². The first-order valence-corrected chi connectivity index (χ1v) is 17.0. The minimum absolute atomic E-state index is 0.181. The third-order valence-corrected chi connectivity index (χ3v) is 10.2. The van der Waals surface area contributed by atoms with Crippen molar-refractivity contribution in [3.8, 4) is 0 Å². The van der Waals surface area contributed by atoms with E-state index in [2.05, 4.69) is 20.9 Å². The number of benzene rings is 1. The molecule has 1 aromatic carbocycles. The maximum atomic E-state index is 12.2. The van der Waals surface area contributed by atoms with Gasteiger partial charge < -0.3 is 45.5 Å². The van der Waals surface area contributed by atoms with Crippen molar-refractivity contribution < 1.29 is 48.2 Å². The molecule has 0 aliphatic rings. The molecule has 0 fully saturated rings. The standard InChI is InChI=1S/C23H38Cl2N4O10P2/c1-17(22(32)27-16-21(31)26-13-3-10-23(33,40(34,35)36)41(37,38)39)28-20(30)5-2-4-18-6-8-19(9-7-18)29(14-11-24)15-12-25/h6-9,17,33H,2-5,10-16H2,1H3,(H,26,31)(H,27,32)(H,28,30)(H2,34,35,36)(H2,37,38,39)/t17-/m0/s1. The average molecular weight is 663 g/mol. The Morgan fingerprint density at radius 2 is 1.49 bits per heavy atom. The Morgan fingerprint density at radius 3 is 2.00 bits per heavy atom. The second-order valence-corrected chi connectivity index (χ2v) is 14.0. The minimum Gasteiger partial charge on any atom is -0.369 e. The number of carbonyl (C=O) groups is 3. The van der Waals surface area contributed by atoms with E-state index >= 15 is 0 Å². The largest absolute Gasteiger partial charge is 0.369 e. The summed E-state index contributed by atoms with van der Waals surface area (Å²) in [4.78, 5) is 74.8. The number of aryl methyl sites for hydroxylation is 1. The lowest BCUT2D eigenvalue weighted by Gasteiger charge is -2.29. The summed E-state index contributed by atoms with van der Waals surface area (Å²) in [5, 5.41) is 13.4. The molecule has 0 saturated carbocycles. The summed E-state index contributed by atoms with van der Waals surface area (Å²) < 4.78 is 22.6. The molecule has 234 valence electrons. The molecule has 3 amide bonds. The number of hydrogen-bond donors (Lipinski definition) is 8. The van der Waals surface area contributed by atoms with Crippen molar-refractivity contribution in [2.24, 2.45) is 0 Å². The molecular weight excluding hydrogens is 625 g/mol. The van der Waals surface area contributed by atoms with Crippen LogP contribution in [0.5, 0.6) is 0 Å². The Hall–Kier alpha value is -1.73. The molecular formula is C23H38Cl2N4O10P2. The van der Waals surface area contributed by atoms with E-state index in [9.17, 15) is 28.6 Å². The summed E-state index contributed by atoms with van der Waals surface area (Å²) in [7, 11) is -11.2. The van der Waals surface area contributed by atoms with Crippen LogP contribution in [0.15, 0.2) is 24.3 Å². The second kappa shape index (κ2) is 17.4. The summed E-state index contributed by atoms with van der Waals surface area (Å²) in [5.41, 5.74) is 2.05. The van der Waals surface area contributed by atoms with Crippen LogP contribution in [-0.4, -0.2) is 91.5 Å². The Labute approximate surface area is 248 Å². The lowest BCUT2D eigenvalue weighted by atomic mass is 10.1. The number of alkyl halides is 2. The second-order valence-electron chi connectivity index (χ2n) is 9.21. The topological polar surface area (TPSA) is 226 Å². The Kier molecular flexibility index (Phi) is 15.8. The van der Waals surface area contributed by atoms with Crippen LogP contribution in [0.3, 0.4) is 0 Å². The molecule has 18 heteroatoms. The van der Waals surface area contributed by atoms with Gasteiger partial charge >= 0.3 is 15.2 Å². The molecule has 0 aromatic heterocycles. The number of nitrogens with zero attached hydrogens (tertiary/aromatic N) is 1. The van der Waals surface area contributed by atoms with Crippen molar-refractivity contribution >= 4 is 61.8 Å². The molecule has 1 aromatic rings. The summed E-state index contributed by atoms with van der Waals surface area (Å²) >= 11 is 11.7. The van der Waals surface area contributed by atoms with Crippen LogP contribution in [0.25, 0.3) is 0 Å². The van der Waals surface area contributed by atoms with E-state index in [0.717, 1.165) is 11.3 Å². The molecule has 41 heavy (non-hydrogen) atoms. The van der Waals surface area contributed by atoms with Crippen molar-refractivity contribution in [1.82, 2.24) is 16.0 Å². The van der Waals surface area contributed by atoms with Crippen LogP contribution in [-0.2, 0) is 29.9 Å². The quantitative estimate of drug-likeness (QED) is 0.0587. The molecule has 0 aliphatic heterocycles. The Balaban J connectivity index is 2.36. The van der Waals surface area contributed by atoms with Crippen LogP contribution >= 0.6 is 38.4 Å². The number of halogens is 2. The maximum Gasteiger partial charge on any atom is 0.369 e. The van der Waals surface area contributed by atoms with Gasteiger partial charge in [-0.1, -0.05) is 12.1 Å². The van der Waals surface area contributed by atoms with Gasteiger partial charge in [-0.05, 0) is 43.9 Å². The maximum absolute atomic E-state index is 12.2. The summed E-state index contributed by atoms with van der Waals surface area (Å²) in [6, 6.07) is 6.97. The molecule has 1 atom stereocenters. The minimum atomic E-state index is -5.58. The molecule has 8 N–H and O–H groups in total. The van der Waals surface area contributed by atoms with Crippen LogP contribution in [0.2, 0.25) is 0 Å². The van der Waals surface area contributed by atoms with Crippen molar-refractivity contribution in [2.45, 2.75) is 50.2 Å². The van der Waals surface area contributed by atoms with E-state index in [1.165, 1.54) is 6.92 Å². The zero-order valence-electron chi connectivity index (χ0n) is 22.5. The lowest BCUT2D eigenvalue weighted by Crippen LogP contribution is -2.47. The monoisotopic (exact) mass is 662 g/mol. The van der Waals surface area contributed by atoms with Crippen molar-refractivity contribution in [1.29, 1.82) is 0 Å². The van der Waals surface area contributed by atoms with E-state index in [1.54, 1.807) is 0 Å². The highest BCUT2D eigenvalue weighted by Crippen LogP contribution is 2.69. The van der Waals surface area contributed by atoms with Crippen LogP contribution in [0.4, 0.5) is 5.69 Å². The van der Waals surface area contributed by atoms with Gasteiger partial charge in [0, 0.05) is 49.9 Å². The predicted molar refractivity (Wildman–Crippen MR) is 155 cm³/mol. The van der Waals surface area contributed by atoms with Gasteiger partial charge in [-0.3, -0.25) is 23.5 Å². The number of aliphatic hydroxyl groups is 1. The Bertz CT molecular complexity index is 1070. The van der Waals surface area contributed by atoms with Gasteiger partial charge in [-0.15, -0.1) is 23.2 Å². The van der Waals surface area contributed by atoms with E-state index in [-0.39, 0.29) is 25.3 Å². The number of hydrogen-bond acceptors (Lipinski definition) is 7. The van der Waals surface area contributed by atoms with Gasteiger partial charge in [0.2, 0.25) is 17.7 Å². The van der Waals surface area contributed by atoms with Crippen molar-refractivity contribution in [3.05, 3.63) is 29.8 Å². The number of nitrogens with one attached hydrogen (secondary N) is 3. The zero-order chi connectivity index (χ0) is 31.3. The molecule has 1 rings (SSSR count). The van der Waals surface area contributed by atoms with E-state index < -0.39 is 51.1 Å². The number of carbonyl (C=O) groups excluding carboxylic acids is 3. The number of amides is 3. The molecule has 0 spiro atoms. The molecule has 0 unspecified atom stereocenters. The zero-order valence-corrected chi connectivity index (χ0v) is 25.8. The van der Waals surface area contributed by atoms with E-state index in [1.807, 2.05) is 24.3 Å². The molecule has 0 heterocycles. The fourth-order valence-corrected chi connectivity index (χ4v) is 6.34. The van der Waals surface area contributed by atoms with E-state index in [0.29, 0.717) is 37.7 Å². The van der Waals surface area contributed by atoms with Gasteiger partial charge in [-0.25, -0.2) is 0 Å². The normalized spacial score (nSPS) is 12.9. The average Bonchev–Trinajstić information content (AvgIpc) is 2.88. The highest BCUT2D eigenvalue weighted by atomic mass is 35.5.